The van der Waals surface area contributed by atoms with Crippen molar-refractivity contribution in [1.29, 1.82) is 0 Å². The summed E-state index contributed by atoms with van der Waals surface area (Å²) in [4.78, 5) is 25.3. The van der Waals surface area contributed by atoms with Crippen LogP contribution in [0.15, 0.2) is 30.5 Å². The Labute approximate surface area is 153 Å². The molecule has 0 aliphatic rings. The summed E-state index contributed by atoms with van der Waals surface area (Å²) in [5.41, 5.74) is 0.661. The lowest BCUT2D eigenvalue weighted by Gasteiger charge is -2.08. The highest BCUT2D eigenvalue weighted by Gasteiger charge is 2.22. The number of aromatic nitrogens is 2. The second-order valence-corrected chi connectivity index (χ2v) is 6.91. The molecule has 2 heterocycles. The standard InChI is InChI=1S/C17H17ClN4O2S/c1-3-8-19-16(23)14-11(9-20-22(14)2)21-17(24)15-13(18)10-6-4-5-7-12(10)25-15/h4-7,9H,3,8H2,1-2H3,(H,19,23)(H,21,24). The van der Waals surface area contributed by atoms with E-state index in [1.54, 1.807) is 7.05 Å². The Bertz CT molecular complexity index is 947. The topological polar surface area (TPSA) is 76.0 Å². The Morgan fingerprint density at radius 2 is 2.04 bits per heavy atom. The Balaban J connectivity index is 1.88. The SMILES string of the molecule is CCCNC(=O)c1c(NC(=O)c2sc3ccccc3c2Cl)cnn1C. The normalized spacial score (nSPS) is 10.8. The van der Waals surface area contributed by atoms with Crippen molar-refractivity contribution in [3.05, 3.63) is 46.1 Å². The van der Waals surface area contributed by atoms with Crippen LogP contribution >= 0.6 is 22.9 Å². The van der Waals surface area contributed by atoms with E-state index in [9.17, 15) is 9.59 Å². The molecule has 6 nitrogen and oxygen atoms in total. The zero-order valence-electron chi connectivity index (χ0n) is 13.8. The van der Waals surface area contributed by atoms with Gasteiger partial charge in [-0.05, 0) is 12.5 Å². The van der Waals surface area contributed by atoms with Gasteiger partial charge in [0.2, 0.25) is 0 Å². The molecule has 130 valence electrons. The number of nitrogens with one attached hydrogen (secondary N) is 2. The Morgan fingerprint density at radius 3 is 2.76 bits per heavy atom. The van der Waals surface area contributed by atoms with Crippen LogP contribution in [0.1, 0.15) is 33.5 Å². The van der Waals surface area contributed by atoms with Gasteiger partial charge in [0.15, 0.2) is 0 Å². The van der Waals surface area contributed by atoms with E-state index in [0.29, 0.717) is 27.8 Å². The van der Waals surface area contributed by atoms with E-state index in [0.717, 1.165) is 16.5 Å². The minimum absolute atomic E-state index is 0.278. The van der Waals surface area contributed by atoms with Crippen molar-refractivity contribution in [2.45, 2.75) is 13.3 Å². The largest absolute Gasteiger partial charge is 0.351 e. The van der Waals surface area contributed by atoms with Crippen LogP contribution in [0.25, 0.3) is 10.1 Å². The quantitative estimate of drug-likeness (QED) is 0.713. The van der Waals surface area contributed by atoms with Crippen LogP contribution in [-0.4, -0.2) is 28.1 Å². The van der Waals surface area contributed by atoms with Crippen molar-refractivity contribution >= 4 is 50.5 Å². The minimum Gasteiger partial charge on any atom is -0.351 e. The van der Waals surface area contributed by atoms with E-state index in [-0.39, 0.29) is 11.8 Å². The number of anilines is 1. The number of nitrogens with zero attached hydrogens (tertiary/aromatic N) is 2. The lowest BCUT2D eigenvalue weighted by molar-refractivity contribution is 0.0945. The number of aryl methyl sites for hydroxylation is 1. The van der Waals surface area contributed by atoms with Gasteiger partial charge in [-0.2, -0.15) is 5.10 Å². The molecule has 0 fully saturated rings. The highest BCUT2D eigenvalue weighted by atomic mass is 35.5. The highest BCUT2D eigenvalue weighted by Crippen LogP contribution is 2.35. The number of rotatable bonds is 5. The number of carbonyl (C=O) groups excluding carboxylic acids is 2. The second kappa shape index (κ2) is 7.25. The number of thiophene rings is 1. The molecule has 0 aliphatic carbocycles. The third-order valence-corrected chi connectivity index (χ3v) is 5.35. The van der Waals surface area contributed by atoms with E-state index in [1.807, 2.05) is 31.2 Å². The van der Waals surface area contributed by atoms with Crippen molar-refractivity contribution in [3.8, 4) is 0 Å². The van der Waals surface area contributed by atoms with E-state index in [2.05, 4.69) is 15.7 Å². The van der Waals surface area contributed by atoms with Crippen LogP contribution in [0.3, 0.4) is 0 Å². The van der Waals surface area contributed by atoms with Gasteiger partial charge in [-0.1, -0.05) is 36.7 Å². The number of carbonyl (C=O) groups is 2. The third-order valence-electron chi connectivity index (χ3n) is 3.68. The fourth-order valence-corrected chi connectivity index (χ4v) is 3.87. The van der Waals surface area contributed by atoms with Gasteiger partial charge in [-0.15, -0.1) is 11.3 Å². The number of amides is 2. The molecule has 0 aliphatic heterocycles. The summed E-state index contributed by atoms with van der Waals surface area (Å²) in [7, 11) is 1.66. The zero-order chi connectivity index (χ0) is 18.0. The lowest BCUT2D eigenvalue weighted by atomic mass is 10.2. The summed E-state index contributed by atoms with van der Waals surface area (Å²) >= 11 is 7.66. The molecule has 0 radical (unpaired) electrons. The molecule has 3 aromatic rings. The van der Waals surface area contributed by atoms with Crippen molar-refractivity contribution in [1.82, 2.24) is 15.1 Å². The third kappa shape index (κ3) is 3.38. The van der Waals surface area contributed by atoms with Crippen molar-refractivity contribution in [2.24, 2.45) is 7.05 Å². The molecule has 2 amide bonds. The smallest absolute Gasteiger partial charge is 0.271 e. The summed E-state index contributed by atoms with van der Waals surface area (Å²) in [6, 6.07) is 7.56. The van der Waals surface area contributed by atoms with E-state index in [4.69, 9.17) is 11.6 Å². The zero-order valence-corrected chi connectivity index (χ0v) is 15.4. The molecule has 0 saturated heterocycles. The number of fused-ring (bicyclic) bond motifs is 1. The van der Waals surface area contributed by atoms with Crippen molar-refractivity contribution < 1.29 is 9.59 Å². The molecular formula is C17H17ClN4O2S. The first-order valence-electron chi connectivity index (χ1n) is 7.81. The maximum atomic E-state index is 12.6. The van der Waals surface area contributed by atoms with Crippen LogP contribution in [-0.2, 0) is 7.05 Å². The lowest BCUT2D eigenvalue weighted by Crippen LogP contribution is -2.27. The van der Waals surface area contributed by atoms with E-state index in [1.165, 1.54) is 22.2 Å². The predicted molar refractivity (Wildman–Crippen MR) is 101 cm³/mol. The molecule has 0 atom stereocenters. The second-order valence-electron chi connectivity index (χ2n) is 5.48. The van der Waals surface area contributed by atoms with Gasteiger partial charge < -0.3 is 10.6 Å². The molecular weight excluding hydrogens is 360 g/mol. The molecule has 0 bridgehead atoms. The molecule has 1 aromatic carbocycles. The van der Waals surface area contributed by atoms with Crippen LogP contribution in [0, 0.1) is 0 Å². The van der Waals surface area contributed by atoms with Crippen LogP contribution in [0.2, 0.25) is 5.02 Å². The van der Waals surface area contributed by atoms with Gasteiger partial charge in [0.25, 0.3) is 11.8 Å². The molecule has 0 unspecified atom stereocenters. The van der Waals surface area contributed by atoms with Crippen LogP contribution in [0.5, 0.6) is 0 Å². The van der Waals surface area contributed by atoms with E-state index >= 15 is 0 Å². The monoisotopic (exact) mass is 376 g/mol. The first-order chi connectivity index (χ1) is 12.0. The van der Waals surface area contributed by atoms with Gasteiger partial charge in [0.05, 0.1) is 16.9 Å². The van der Waals surface area contributed by atoms with Crippen LogP contribution in [0.4, 0.5) is 5.69 Å². The van der Waals surface area contributed by atoms with Gasteiger partial charge in [-0.3, -0.25) is 14.3 Å². The average Bonchev–Trinajstić information content (AvgIpc) is 3.13. The fourth-order valence-electron chi connectivity index (χ4n) is 2.46. The fraction of sp³-hybridized carbons (Fsp3) is 0.235. The molecule has 2 N–H and O–H groups in total. The van der Waals surface area contributed by atoms with Gasteiger partial charge in [0.1, 0.15) is 10.6 Å². The summed E-state index contributed by atoms with van der Waals surface area (Å²) < 4.78 is 2.37. The highest BCUT2D eigenvalue weighted by molar-refractivity contribution is 7.21. The number of hydrogen-bond donors (Lipinski definition) is 2. The Hall–Kier alpha value is -2.38. The van der Waals surface area contributed by atoms with Gasteiger partial charge >= 0.3 is 0 Å². The summed E-state index contributed by atoms with van der Waals surface area (Å²) in [6.07, 6.45) is 2.28. The molecule has 0 saturated carbocycles. The van der Waals surface area contributed by atoms with E-state index < -0.39 is 0 Å². The van der Waals surface area contributed by atoms with Gasteiger partial charge in [-0.25, -0.2) is 0 Å². The first-order valence-corrected chi connectivity index (χ1v) is 9.01. The molecule has 3 rings (SSSR count). The Morgan fingerprint density at radius 1 is 1.28 bits per heavy atom. The maximum absolute atomic E-state index is 12.6. The van der Waals surface area contributed by atoms with Crippen molar-refractivity contribution in [2.75, 3.05) is 11.9 Å². The molecule has 8 heteroatoms. The summed E-state index contributed by atoms with van der Waals surface area (Å²) in [6.45, 7) is 2.52. The molecule has 0 spiro atoms. The summed E-state index contributed by atoms with van der Waals surface area (Å²) in [5.74, 6) is -0.636. The number of halogens is 1. The number of hydrogen-bond acceptors (Lipinski definition) is 4. The predicted octanol–water partition coefficient (Wildman–Crippen LogP) is 3.68. The van der Waals surface area contributed by atoms with Gasteiger partial charge in [0, 0.05) is 23.7 Å². The van der Waals surface area contributed by atoms with Crippen molar-refractivity contribution in [3.63, 3.8) is 0 Å². The minimum atomic E-state index is -0.358. The Kier molecular flexibility index (Phi) is 5.06. The first kappa shape index (κ1) is 17.4. The molecule has 2 aromatic heterocycles. The summed E-state index contributed by atoms with van der Waals surface area (Å²) in [5, 5.41) is 10.9. The van der Waals surface area contributed by atoms with Crippen LogP contribution < -0.4 is 10.6 Å². The number of benzene rings is 1. The maximum Gasteiger partial charge on any atom is 0.271 e. The molecule has 25 heavy (non-hydrogen) atoms. The average molecular weight is 377 g/mol.